The maximum Gasteiger partial charge on any atom is 0.254 e. The topological polar surface area (TPSA) is 49.9 Å². The number of hydrogen-bond donors (Lipinski definition) is 0. The highest BCUT2D eigenvalue weighted by Crippen LogP contribution is 2.41. The maximum atomic E-state index is 13.4. The van der Waals surface area contributed by atoms with Crippen LogP contribution in [0.1, 0.15) is 33.2 Å². The first-order valence-corrected chi connectivity index (χ1v) is 9.20. The molecule has 2 aromatic carbocycles. The summed E-state index contributed by atoms with van der Waals surface area (Å²) in [5, 5.41) is 0. The summed E-state index contributed by atoms with van der Waals surface area (Å²) in [4.78, 5) is 30.4. The first-order chi connectivity index (χ1) is 12.9. The Balaban J connectivity index is 1.66. The van der Waals surface area contributed by atoms with Crippen LogP contribution in [0.5, 0.6) is 5.75 Å². The fraction of sp³-hybridized carbons (Fsp3) is 0.364. The van der Waals surface area contributed by atoms with Gasteiger partial charge in [-0.2, -0.15) is 0 Å². The molecular formula is C22H24N2O3. The second-order valence-corrected chi connectivity index (χ2v) is 7.75. The van der Waals surface area contributed by atoms with Crippen molar-refractivity contribution in [1.82, 2.24) is 9.80 Å². The van der Waals surface area contributed by atoms with E-state index in [1.807, 2.05) is 44.3 Å². The molecule has 5 heteroatoms. The van der Waals surface area contributed by atoms with Gasteiger partial charge in [0.15, 0.2) is 5.78 Å². The van der Waals surface area contributed by atoms with E-state index in [9.17, 15) is 9.59 Å². The minimum absolute atomic E-state index is 0.0638. The van der Waals surface area contributed by atoms with Gasteiger partial charge in [0.2, 0.25) is 0 Å². The summed E-state index contributed by atoms with van der Waals surface area (Å²) in [6, 6.07) is 15.0. The lowest BCUT2D eigenvalue weighted by Gasteiger charge is -2.32. The van der Waals surface area contributed by atoms with Crippen molar-refractivity contribution < 1.29 is 14.3 Å². The van der Waals surface area contributed by atoms with Crippen molar-refractivity contribution in [3.63, 3.8) is 0 Å². The van der Waals surface area contributed by atoms with Gasteiger partial charge in [0.1, 0.15) is 5.75 Å². The van der Waals surface area contributed by atoms with Crippen LogP contribution in [0.4, 0.5) is 0 Å². The number of fused-ring (bicyclic) bond motifs is 2. The number of ether oxygens (including phenoxy) is 1. The smallest absolute Gasteiger partial charge is 0.254 e. The van der Waals surface area contributed by atoms with Crippen LogP contribution in [-0.2, 0) is 6.54 Å². The Labute approximate surface area is 159 Å². The van der Waals surface area contributed by atoms with Gasteiger partial charge < -0.3 is 9.64 Å². The number of rotatable bonds is 3. The number of nitrogens with zero attached hydrogens (tertiary/aromatic N) is 2. The summed E-state index contributed by atoms with van der Waals surface area (Å²) < 4.78 is 5.31. The van der Waals surface area contributed by atoms with Gasteiger partial charge in [0.05, 0.1) is 24.1 Å². The summed E-state index contributed by atoms with van der Waals surface area (Å²) in [6.45, 7) is 4.02. The number of carbonyl (C=O) groups excluding carboxylic acids is 2. The van der Waals surface area contributed by atoms with Crippen molar-refractivity contribution in [2.24, 2.45) is 5.41 Å². The molecule has 1 fully saturated rings. The number of ketones is 1. The monoisotopic (exact) mass is 364 g/mol. The predicted octanol–water partition coefficient (Wildman–Crippen LogP) is 2.85. The van der Waals surface area contributed by atoms with E-state index in [2.05, 4.69) is 11.0 Å². The van der Waals surface area contributed by atoms with Crippen LogP contribution in [0, 0.1) is 5.41 Å². The molecule has 2 aromatic rings. The molecule has 0 saturated carbocycles. The molecule has 4 rings (SSSR count). The molecule has 2 aliphatic rings. The zero-order valence-corrected chi connectivity index (χ0v) is 15.9. The Morgan fingerprint density at radius 1 is 1.11 bits per heavy atom. The summed E-state index contributed by atoms with van der Waals surface area (Å²) in [7, 11) is 3.47. The van der Waals surface area contributed by atoms with Crippen LogP contribution in [0.2, 0.25) is 0 Å². The van der Waals surface area contributed by atoms with E-state index in [1.54, 1.807) is 24.1 Å². The van der Waals surface area contributed by atoms with Gasteiger partial charge in [-0.1, -0.05) is 30.3 Å². The minimum atomic E-state index is -0.615. The SMILES string of the molecule is COc1cccc(CN2C[C@H]3N(C)C(=O)c4ccccc4C(=O)[C@@]3(C)C2)c1. The van der Waals surface area contributed by atoms with E-state index in [1.165, 1.54) is 0 Å². The van der Waals surface area contributed by atoms with Crippen LogP contribution >= 0.6 is 0 Å². The van der Waals surface area contributed by atoms with Gasteiger partial charge in [-0.05, 0) is 30.7 Å². The molecule has 0 bridgehead atoms. The van der Waals surface area contributed by atoms with Crippen LogP contribution in [0.25, 0.3) is 0 Å². The van der Waals surface area contributed by atoms with Crippen LogP contribution in [0.3, 0.4) is 0 Å². The third-order valence-electron chi connectivity index (χ3n) is 5.97. The van der Waals surface area contributed by atoms with E-state index in [-0.39, 0.29) is 17.7 Å². The van der Waals surface area contributed by atoms with E-state index in [0.29, 0.717) is 24.2 Å². The van der Waals surface area contributed by atoms with Gasteiger partial charge in [-0.3, -0.25) is 14.5 Å². The van der Waals surface area contributed by atoms with Crippen molar-refractivity contribution in [2.45, 2.75) is 19.5 Å². The molecule has 140 valence electrons. The number of likely N-dealkylation sites (tertiary alicyclic amines) is 1. The van der Waals surface area contributed by atoms with E-state index in [4.69, 9.17) is 4.74 Å². The van der Waals surface area contributed by atoms with Crippen molar-refractivity contribution in [1.29, 1.82) is 0 Å². The largest absolute Gasteiger partial charge is 0.497 e. The second kappa shape index (κ2) is 6.50. The number of benzene rings is 2. The molecule has 1 amide bonds. The van der Waals surface area contributed by atoms with E-state index >= 15 is 0 Å². The summed E-state index contributed by atoms with van der Waals surface area (Å²) in [5.74, 6) is 0.814. The van der Waals surface area contributed by atoms with Crippen molar-refractivity contribution >= 4 is 11.7 Å². The lowest BCUT2D eigenvalue weighted by Crippen LogP contribution is -2.47. The zero-order chi connectivity index (χ0) is 19.2. The maximum absolute atomic E-state index is 13.4. The molecule has 0 aromatic heterocycles. The average Bonchev–Trinajstić information content (AvgIpc) is 3.01. The first kappa shape index (κ1) is 17.7. The van der Waals surface area contributed by atoms with E-state index in [0.717, 1.165) is 17.9 Å². The molecule has 0 unspecified atom stereocenters. The summed E-state index contributed by atoms with van der Waals surface area (Å²) in [5.41, 5.74) is 1.58. The standard InChI is InChI=1S/C22H24N2O3/c1-22-14-24(12-15-7-6-8-16(11-15)27-3)13-19(22)23(2)21(26)18-10-5-4-9-17(18)20(22)25/h4-11,19H,12-14H2,1-3H3/t19-,22+/m1/s1. The van der Waals surface area contributed by atoms with E-state index < -0.39 is 5.41 Å². The van der Waals surface area contributed by atoms with Crippen LogP contribution < -0.4 is 4.74 Å². The molecule has 2 heterocycles. The van der Waals surface area contributed by atoms with Crippen molar-refractivity contribution in [3.8, 4) is 5.75 Å². The number of hydrogen-bond acceptors (Lipinski definition) is 4. The van der Waals surface area contributed by atoms with Gasteiger partial charge in [0.25, 0.3) is 5.91 Å². The molecule has 0 N–H and O–H groups in total. The van der Waals surface area contributed by atoms with Crippen molar-refractivity contribution in [3.05, 3.63) is 65.2 Å². The highest BCUT2D eigenvalue weighted by molar-refractivity contribution is 6.12. The zero-order valence-electron chi connectivity index (χ0n) is 15.9. The molecule has 0 radical (unpaired) electrons. The normalized spacial score (nSPS) is 25.1. The molecule has 0 aliphatic carbocycles. The van der Waals surface area contributed by atoms with Gasteiger partial charge in [-0.15, -0.1) is 0 Å². The Kier molecular flexibility index (Phi) is 4.27. The minimum Gasteiger partial charge on any atom is -0.497 e. The Morgan fingerprint density at radius 2 is 1.85 bits per heavy atom. The van der Waals surface area contributed by atoms with Gasteiger partial charge >= 0.3 is 0 Å². The Morgan fingerprint density at radius 3 is 2.59 bits per heavy atom. The molecule has 2 atom stereocenters. The highest BCUT2D eigenvalue weighted by atomic mass is 16.5. The quantitative estimate of drug-likeness (QED) is 0.840. The van der Waals surface area contributed by atoms with Crippen LogP contribution in [0.15, 0.2) is 48.5 Å². The molecule has 1 saturated heterocycles. The Hall–Kier alpha value is -2.66. The average molecular weight is 364 g/mol. The summed E-state index contributed by atoms with van der Waals surface area (Å²) >= 11 is 0. The second-order valence-electron chi connectivity index (χ2n) is 7.75. The predicted molar refractivity (Wildman–Crippen MR) is 103 cm³/mol. The number of Topliss-reactive ketones (excluding diaryl/α,β-unsaturated/α-hetero) is 1. The number of amides is 1. The highest BCUT2D eigenvalue weighted by Gasteiger charge is 2.53. The number of methoxy groups -OCH3 is 1. The molecular weight excluding hydrogens is 340 g/mol. The molecule has 5 nitrogen and oxygen atoms in total. The lowest BCUT2D eigenvalue weighted by atomic mass is 9.78. The lowest BCUT2D eigenvalue weighted by molar-refractivity contribution is 0.0606. The van der Waals surface area contributed by atoms with Gasteiger partial charge in [-0.25, -0.2) is 0 Å². The molecule has 27 heavy (non-hydrogen) atoms. The van der Waals surface area contributed by atoms with Crippen molar-refractivity contribution in [2.75, 3.05) is 27.2 Å². The van der Waals surface area contributed by atoms with Crippen LogP contribution in [-0.4, -0.2) is 54.8 Å². The first-order valence-electron chi connectivity index (χ1n) is 9.20. The molecule has 2 aliphatic heterocycles. The third-order valence-corrected chi connectivity index (χ3v) is 5.97. The molecule has 0 spiro atoms. The summed E-state index contributed by atoms with van der Waals surface area (Å²) in [6.07, 6.45) is 0. The van der Waals surface area contributed by atoms with Gasteiger partial charge in [0, 0.05) is 32.2 Å². The fourth-order valence-corrected chi connectivity index (χ4v) is 4.51. The fourth-order valence-electron chi connectivity index (χ4n) is 4.51. The third kappa shape index (κ3) is 2.82. The number of carbonyl (C=O) groups is 2. The Bertz CT molecular complexity index is 910. The number of likely N-dealkylation sites (N-methyl/N-ethyl adjacent to an activating group) is 1.